The molecule has 2 rings (SSSR count). The lowest BCUT2D eigenvalue weighted by Gasteiger charge is -2.30. The average Bonchev–Trinajstić information content (AvgIpc) is 2.39. The van der Waals surface area contributed by atoms with Gasteiger partial charge in [0.25, 0.3) is 0 Å². The number of hydrogen-bond acceptors (Lipinski definition) is 2. The second-order valence-electron chi connectivity index (χ2n) is 4.75. The number of carboxylic acid groups (broad SMARTS) is 1. The van der Waals surface area contributed by atoms with E-state index in [0.29, 0.717) is 12.5 Å². The quantitative estimate of drug-likeness (QED) is 0.702. The lowest BCUT2D eigenvalue weighted by atomic mass is 9.78. The Morgan fingerprint density at radius 1 is 1.45 bits per heavy atom. The van der Waals surface area contributed by atoms with E-state index in [-0.39, 0.29) is 6.42 Å². The molecule has 0 fully saturated rings. The summed E-state index contributed by atoms with van der Waals surface area (Å²) < 4.78 is 0. The number of nitrogens with one attached hydrogen (secondary N) is 2. The topological polar surface area (TPSA) is 78.4 Å². The summed E-state index contributed by atoms with van der Waals surface area (Å²) in [6.07, 6.45) is 5.96. The van der Waals surface area contributed by atoms with Crippen LogP contribution in [-0.2, 0) is 11.2 Å². The summed E-state index contributed by atoms with van der Waals surface area (Å²) in [5, 5.41) is 13.9. The molecule has 0 saturated heterocycles. The minimum Gasteiger partial charge on any atom is -0.480 e. The zero-order chi connectivity index (χ0) is 14.5. The van der Waals surface area contributed by atoms with E-state index in [1.165, 1.54) is 11.1 Å². The third kappa shape index (κ3) is 3.09. The van der Waals surface area contributed by atoms with Gasteiger partial charge in [-0.1, -0.05) is 24.3 Å². The van der Waals surface area contributed by atoms with Crippen molar-refractivity contribution in [3.63, 3.8) is 0 Å². The molecule has 0 spiro atoms. The summed E-state index contributed by atoms with van der Waals surface area (Å²) in [6, 6.07) is 6.52. The standard InChI is InChI=1S/C15H16N2O3/c1-2-5-13(14(18)19)17-15(20)16-9-11-8-10-6-3-4-7-12(10)11/h1,3-4,6-7,11,13H,5,8-9H2,(H,18,19)(H2,16,17,20). The molecule has 1 aromatic rings. The van der Waals surface area contributed by atoms with Crippen molar-refractivity contribution in [2.24, 2.45) is 0 Å². The molecule has 1 aliphatic rings. The van der Waals surface area contributed by atoms with Crippen LogP contribution < -0.4 is 10.6 Å². The molecule has 5 nitrogen and oxygen atoms in total. The van der Waals surface area contributed by atoms with Crippen molar-refractivity contribution in [3.8, 4) is 12.3 Å². The van der Waals surface area contributed by atoms with Gasteiger partial charge in [0, 0.05) is 18.9 Å². The fourth-order valence-corrected chi connectivity index (χ4v) is 2.29. The molecular formula is C15H16N2O3. The van der Waals surface area contributed by atoms with Gasteiger partial charge in [0.1, 0.15) is 6.04 Å². The molecule has 3 N–H and O–H groups in total. The Labute approximate surface area is 117 Å². The largest absolute Gasteiger partial charge is 0.480 e. The molecule has 0 heterocycles. The normalized spacial score (nSPS) is 17.1. The number of urea groups is 1. The fraction of sp³-hybridized carbons (Fsp3) is 0.333. The van der Waals surface area contributed by atoms with Crippen LogP contribution in [0.4, 0.5) is 4.79 Å². The molecule has 2 unspecified atom stereocenters. The Bertz CT molecular complexity index is 562. The number of fused-ring (bicyclic) bond motifs is 1. The van der Waals surface area contributed by atoms with Gasteiger partial charge in [-0.25, -0.2) is 9.59 Å². The zero-order valence-corrected chi connectivity index (χ0v) is 10.9. The summed E-state index contributed by atoms with van der Waals surface area (Å²) in [5.74, 6) is 1.40. The number of hydrogen-bond donors (Lipinski definition) is 3. The predicted octanol–water partition coefficient (Wildman–Crippen LogP) is 1.10. The van der Waals surface area contributed by atoms with E-state index in [1.54, 1.807) is 0 Å². The van der Waals surface area contributed by atoms with Gasteiger partial charge in [0.2, 0.25) is 0 Å². The number of carbonyl (C=O) groups excluding carboxylic acids is 1. The number of benzene rings is 1. The van der Waals surface area contributed by atoms with Crippen LogP contribution in [0.3, 0.4) is 0 Å². The van der Waals surface area contributed by atoms with E-state index in [4.69, 9.17) is 11.5 Å². The van der Waals surface area contributed by atoms with E-state index < -0.39 is 18.0 Å². The number of terminal acetylenes is 1. The average molecular weight is 272 g/mol. The fourth-order valence-electron chi connectivity index (χ4n) is 2.29. The first-order chi connectivity index (χ1) is 9.61. The van der Waals surface area contributed by atoms with Gasteiger partial charge in [-0.05, 0) is 17.5 Å². The molecule has 20 heavy (non-hydrogen) atoms. The van der Waals surface area contributed by atoms with Gasteiger partial charge < -0.3 is 15.7 Å². The maximum atomic E-state index is 11.6. The van der Waals surface area contributed by atoms with Gasteiger partial charge >= 0.3 is 12.0 Å². The van der Waals surface area contributed by atoms with Gasteiger partial charge in [-0.3, -0.25) is 0 Å². The van der Waals surface area contributed by atoms with Crippen molar-refractivity contribution in [1.29, 1.82) is 0 Å². The molecule has 0 bridgehead atoms. The van der Waals surface area contributed by atoms with Crippen LogP contribution in [0.15, 0.2) is 24.3 Å². The van der Waals surface area contributed by atoms with Crippen LogP contribution >= 0.6 is 0 Å². The van der Waals surface area contributed by atoms with Crippen LogP contribution in [0, 0.1) is 12.3 Å². The molecule has 1 aliphatic carbocycles. The molecule has 2 atom stereocenters. The van der Waals surface area contributed by atoms with Crippen LogP contribution in [0.2, 0.25) is 0 Å². The lowest BCUT2D eigenvalue weighted by molar-refractivity contribution is -0.139. The van der Waals surface area contributed by atoms with Gasteiger partial charge in [0.05, 0.1) is 0 Å². The predicted molar refractivity (Wildman–Crippen MR) is 74.3 cm³/mol. The highest BCUT2D eigenvalue weighted by atomic mass is 16.4. The molecule has 104 valence electrons. The van der Waals surface area contributed by atoms with Gasteiger partial charge in [-0.2, -0.15) is 0 Å². The van der Waals surface area contributed by atoms with Crippen LogP contribution in [0.1, 0.15) is 23.5 Å². The van der Waals surface area contributed by atoms with Gasteiger partial charge in [-0.15, -0.1) is 12.3 Å². The molecule has 5 heteroatoms. The second kappa shape index (κ2) is 6.11. The third-order valence-corrected chi connectivity index (χ3v) is 3.40. The summed E-state index contributed by atoms with van der Waals surface area (Å²) in [6.45, 7) is 0.491. The minimum absolute atomic E-state index is 0.0327. The van der Waals surface area contributed by atoms with E-state index in [1.807, 2.05) is 18.2 Å². The van der Waals surface area contributed by atoms with Crippen LogP contribution in [-0.4, -0.2) is 29.7 Å². The van der Waals surface area contributed by atoms with Crippen LogP contribution in [0.5, 0.6) is 0 Å². The molecule has 2 amide bonds. The maximum Gasteiger partial charge on any atom is 0.327 e. The van der Waals surface area contributed by atoms with Crippen molar-refractivity contribution < 1.29 is 14.7 Å². The minimum atomic E-state index is -1.13. The molecule has 0 saturated carbocycles. The first-order valence-electron chi connectivity index (χ1n) is 6.40. The molecule has 0 aromatic heterocycles. The van der Waals surface area contributed by atoms with E-state index in [2.05, 4.69) is 22.6 Å². The Hall–Kier alpha value is -2.48. The number of amides is 2. The third-order valence-electron chi connectivity index (χ3n) is 3.40. The van der Waals surface area contributed by atoms with Crippen LogP contribution in [0.25, 0.3) is 0 Å². The molecule has 0 radical (unpaired) electrons. The van der Waals surface area contributed by atoms with Crippen molar-refractivity contribution >= 4 is 12.0 Å². The van der Waals surface area contributed by atoms with Crippen molar-refractivity contribution in [1.82, 2.24) is 10.6 Å². The Kier molecular flexibility index (Phi) is 4.26. The zero-order valence-electron chi connectivity index (χ0n) is 10.9. The van der Waals surface area contributed by atoms with Crippen molar-refractivity contribution in [2.75, 3.05) is 6.54 Å². The smallest absolute Gasteiger partial charge is 0.327 e. The van der Waals surface area contributed by atoms with E-state index >= 15 is 0 Å². The summed E-state index contributed by atoms with van der Waals surface area (Å²) in [5.41, 5.74) is 2.54. The first-order valence-corrected chi connectivity index (χ1v) is 6.40. The van der Waals surface area contributed by atoms with Gasteiger partial charge in [0.15, 0.2) is 0 Å². The summed E-state index contributed by atoms with van der Waals surface area (Å²) >= 11 is 0. The number of carboxylic acids is 1. The Morgan fingerprint density at radius 3 is 2.85 bits per heavy atom. The highest BCUT2D eigenvalue weighted by Gasteiger charge is 2.26. The monoisotopic (exact) mass is 272 g/mol. The number of rotatable bonds is 5. The molecular weight excluding hydrogens is 256 g/mol. The highest BCUT2D eigenvalue weighted by Crippen LogP contribution is 2.33. The molecule has 0 aliphatic heterocycles. The SMILES string of the molecule is C#CCC(NC(=O)NCC1Cc2ccccc21)C(=O)O. The lowest BCUT2D eigenvalue weighted by Crippen LogP contribution is -2.47. The highest BCUT2D eigenvalue weighted by molar-refractivity contribution is 5.82. The maximum absolute atomic E-state index is 11.6. The first kappa shape index (κ1) is 13.9. The molecule has 1 aromatic carbocycles. The van der Waals surface area contributed by atoms with Crippen molar-refractivity contribution in [3.05, 3.63) is 35.4 Å². The van der Waals surface area contributed by atoms with Crippen molar-refractivity contribution in [2.45, 2.75) is 24.8 Å². The summed E-state index contributed by atoms with van der Waals surface area (Å²) in [7, 11) is 0. The van der Waals surface area contributed by atoms with E-state index in [0.717, 1.165) is 6.42 Å². The number of aliphatic carboxylic acids is 1. The Balaban J connectivity index is 1.79. The van der Waals surface area contributed by atoms with E-state index in [9.17, 15) is 9.59 Å². The Morgan fingerprint density at radius 2 is 2.20 bits per heavy atom. The second-order valence-corrected chi connectivity index (χ2v) is 4.75. The number of carbonyl (C=O) groups is 2. The summed E-state index contributed by atoms with van der Waals surface area (Å²) in [4.78, 5) is 22.5.